The Kier molecular flexibility index (Phi) is 4.74. The molecule has 0 spiro atoms. The number of imidazole rings is 1. The average molecular weight is 390 g/mol. The van der Waals surface area contributed by atoms with Gasteiger partial charge in [0.25, 0.3) is 5.69 Å². The number of aromatic nitrogens is 2. The quantitative estimate of drug-likeness (QED) is 0.377. The van der Waals surface area contributed by atoms with E-state index >= 15 is 0 Å². The molecule has 2 aromatic carbocycles. The van der Waals surface area contributed by atoms with Gasteiger partial charge < -0.3 is 15.2 Å². The summed E-state index contributed by atoms with van der Waals surface area (Å²) in [6, 6.07) is 17.1. The largest absolute Gasteiger partial charge is 0.507 e. The minimum absolute atomic E-state index is 0.0773. The molecule has 4 rings (SSSR count). The van der Waals surface area contributed by atoms with Crippen molar-refractivity contribution >= 4 is 17.2 Å². The maximum Gasteiger partial charge on any atom is 0.270 e. The summed E-state index contributed by atoms with van der Waals surface area (Å²) in [5, 5.41) is 24.9. The topological polar surface area (TPSA) is 102 Å². The van der Waals surface area contributed by atoms with Crippen LogP contribution in [-0.4, -0.2) is 26.5 Å². The van der Waals surface area contributed by atoms with Crippen LogP contribution in [0.15, 0.2) is 66.9 Å². The van der Waals surface area contributed by atoms with Gasteiger partial charge in [-0.3, -0.25) is 14.5 Å². The highest BCUT2D eigenvalue weighted by Gasteiger charge is 2.19. The highest BCUT2D eigenvalue weighted by molar-refractivity contribution is 5.81. The summed E-state index contributed by atoms with van der Waals surface area (Å²) in [4.78, 5) is 15.3. The van der Waals surface area contributed by atoms with Crippen molar-refractivity contribution in [2.75, 3.05) is 12.4 Å². The zero-order chi connectivity index (χ0) is 20.4. The van der Waals surface area contributed by atoms with Crippen molar-refractivity contribution in [2.45, 2.75) is 6.54 Å². The molecule has 0 saturated heterocycles. The van der Waals surface area contributed by atoms with Crippen LogP contribution in [0.3, 0.4) is 0 Å². The molecule has 0 unspecified atom stereocenters. The van der Waals surface area contributed by atoms with Gasteiger partial charge in [-0.05, 0) is 35.9 Å². The number of phenolic OH excluding ortho intramolecular Hbond substituents is 1. The Bertz CT molecular complexity index is 1190. The maximum absolute atomic E-state index is 11.2. The molecule has 8 nitrogen and oxygen atoms in total. The third kappa shape index (κ3) is 3.55. The normalized spacial score (nSPS) is 10.8. The predicted octanol–water partition coefficient (Wildman–Crippen LogP) is 4.24. The van der Waals surface area contributed by atoms with Gasteiger partial charge in [-0.15, -0.1) is 0 Å². The number of hydrogen-bond donors (Lipinski definition) is 2. The van der Waals surface area contributed by atoms with E-state index in [2.05, 4.69) is 10.3 Å². The molecule has 0 atom stereocenters. The summed E-state index contributed by atoms with van der Waals surface area (Å²) in [6.07, 6.45) is 1.84. The lowest BCUT2D eigenvalue weighted by Gasteiger charge is -2.10. The monoisotopic (exact) mass is 390 g/mol. The molecular formula is C21H18N4O4. The third-order valence-corrected chi connectivity index (χ3v) is 4.60. The van der Waals surface area contributed by atoms with Gasteiger partial charge >= 0.3 is 0 Å². The van der Waals surface area contributed by atoms with Crippen LogP contribution in [0.2, 0.25) is 0 Å². The molecule has 0 saturated carbocycles. The van der Waals surface area contributed by atoms with Crippen molar-refractivity contribution in [3.63, 3.8) is 0 Å². The van der Waals surface area contributed by atoms with E-state index in [-0.39, 0.29) is 11.4 Å². The van der Waals surface area contributed by atoms with Gasteiger partial charge in [0.1, 0.15) is 28.7 Å². The Morgan fingerprint density at radius 1 is 1.17 bits per heavy atom. The van der Waals surface area contributed by atoms with Crippen LogP contribution in [0.25, 0.3) is 16.9 Å². The molecular weight excluding hydrogens is 372 g/mol. The maximum atomic E-state index is 11.2. The number of benzene rings is 2. The van der Waals surface area contributed by atoms with Gasteiger partial charge in [-0.2, -0.15) is 0 Å². The SMILES string of the molecule is COc1ccc(CNc2c(-c3cc([N+](=O)[O-])ccc3O)nc3ccccn23)cc1. The number of nitro benzene ring substituents is 1. The number of methoxy groups -OCH3 is 1. The predicted molar refractivity (Wildman–Crippen MR) is 109 cm³/mol. The zero-order valence-corrected chi connectivity index (χ0v) is 15.6. The third-order valence-electron chi connectivity index (χ3n) is 4.60. The molecule has 0 bridgehead atoms. The standard InChI is InChI=1S/C21H18N4O4/c1-29-16-8-5-14(6-9-16)13-22-21-20(23-19-4-2-3-11-24(19)21)17-12-15(25(27)28)7-10-18(17)26/h2-12,22,26H,13H2,1H3. The van der Waals surface area contributed by atoms with E-state index in [4.69, 9.17) is 4.74 Å². The number of pyridine rings is 1. The number of anilines is 1. The first kappa shape index (κ1) is 18.3. The Hall–Kier alpha value is -4.07. The van der Waals surface area contributed by atoms with Crippen molar-refractivity contribution in [1.29, 1.82) is 0 Å². The summed E-state index contributed by atoms with van der Waals surface area (Å²) >= 11 is 0. The second kappa shape index (κ2) is 7.51. The van der Waals surface area contributed by atoms with E-state index in [1.54, 1.807) is 7.11 Å². The number of hydrogen-bond acceptors (Lipinski definition) is 6. The van der Waals surface area contributed by atoms with Crippen molar-refractivity contribution < 1.29 is 14.8 Å². The van der Waals surface area contributed by atoms with E-state index in [1.165, 1.54) is 18.2 Å². The molecule has 0 aliphatic carbocycles. The van der Waals surface area contributed by atoms with Crippen LogP contribution in [-0.2, 0) is 6.54 Å². The van der Waals surface area contributed by atoms with E-state index in [1.807, 2.05) is 53.1 Å². The van der Waals surface area contributed by atoms with E-state index < -0.39 is 4.92 Å². The van der Waals surface area contributed by atoms with Crippen molar-refractivity contribution in [1.82, 2.24) is 9.38 Å². The number of nitrogens with one attached hydrogen (secondary N) is 1. The van der Waals surface area contributed by atoms with Crippen LogP contribution in [0.5, 0.6) is 11.5 Å². The Balaban J connectivity index is 1.77. The van der Waals surface area contributed by atoms with Gasteiger partial charge in [-0.25, -0.2) is 4.98 Å². The van der Waals surface area contributed by atoms with Gasteiger partial charge in [-0.1, -0.05) is 18.2 Å². The van der Waals surface area contributed by atoms with Crippen LogP contribution in [0, 0.1) is 10.1 Å². The average Bonchev–Trinajstić information content (AvgIpc) is 3.11. The van der Waals surface area contributed by atoms with Crippen LogP contribution < -0.4 is 10.1 Å². The summed E-state index contributed by atoms with van der Waals surface area (Å²) < 4.78 is 7.02. The summed E-state index contributed by atoms with van der Waals surface area (Å²) in [7, 11) is 1.61. The number of phenols is 1. The van der Waals surface area contributed by atoms with Crippen LogP contribution in [0.1, 0.15) is 5.56 Å². The first-order valence-electron chi connectivity index (χ1n) is 8.88. The highest BCUT2D eigenvalue weighted by Crippen LogP contribution is 2.37. The van der Waals surface area contributed by atoms with E-state index in [0.29, 0.717) is 29.3 Å². The van der Waals surface area contributed by atoms with Crippen LogP contribution in [0.4, 0.5) is 11.5 Å². The first-order valence-corrected chi connectivity index (χ1v) is 8.88. The minimum Gasteiger partial charge on any atom is -0.507 e. The Morgan fingerprint density at radius 3 is 2.69 bits per heavy atom. The summed E-state index contributed by atoms with van der Waals surface area (Å²) in [5.41, 5.74) is 2.29. The molecule has 0 fully saturated rings. The number of rotatable bonds is 6. The zero-order valence-electron chi connectivity index (χ0n) is 15.6. The fraction of sp³-hybridized carbons (Fsp3) is 0.0952. The molecule has 146 valence electrons. The Morgan fingerprint density at radius 2 is 1.97 bits per heavy atom. The molecule has 2 heterocycles. The molecule has 29 heavy (non-hydrogen) atoms. The molecule has 2 aromatic heterocycles. The van der Waals surface area contributed by atoms with Crippen molar-refractivity contribution in [2.24, 2.45) is 0 Å². The molecule has 0 radical (unpaired) electrons. The lowest BCUT2D eigenvalue weighted by molar-refractivity contribution is -0.384. The minimum atomic E-state index is -0.497. The molecule has 8 heteroatoms. The molecule has 2 N–H and O–H groups in total. The number of nitro groups is 1. The first-order chi connectivity index (χ1) is 14.1. The molecule has 0 aliphatic rings. The summed E-state index contributed by atoms with van der Waals surface area (Å²) in [6.45, 7) is 0.495. The lowest BCUT2D eigenvalue weighted by atomic mass is 10.1. The Labute approximate surface area is 166 Å². The molecule has 0 amide bonds. The van der Waals surface area contributed by atoms with Gasteiger partial charge in [0.15, 0.2) is 0 Å². The van der Waals surface area contributed by atoms with Gasteiger partial charge in [0.2, 0.25) is 0 Å². The number of aromatic hydroxyl groups is 1. The number of nitrogens with zero attached hydrogens (tertiary/aromatic N) is 3. The second-order valence-corrected chi connectivity index (χ2v) is 6.40. The van der Waals surface area contributed by atoms with Crippen LogP contribution >= 0.6 is 0 Å². The number of non-ortho nitro benzene ring substituents is 1. The van der Waals surface area contributed by atoms with Gasteiger partial charge in [0, 0.05) is 24.9 Å². The highest BCUT2D eigenvalue weighted by atomic mass is 16.6. The fourth-order valence-electron chi connectivity index (χ4n) is 3.11. The second-order valence-electron chi connectivity index (χ2n) is 6.40. The van der Waals surface area contributed by atoms with Crippen molar-refractivity contribution in [3.05, 3.63) is 82.5 Å². The van der Waals surface area contributed by atoms with E-state index in [0.717, 1.165) is 11.3 Å². The summed E-state index contributed by atoms with van der Waals surface area (Å²) in [5.74, 6) is 1.32. The van der Waals surface area contributed by atoms with Crippen molar-refractivity contribution in [3.8, 4) is 22.8 Å². The number of ether oxygens (including phenoxy) is 1. The fourth-order valence-corrected chi connectivity index (χ4v) is 3.11. The smallest absolute Gasteiger partial charge is 0.270 e. The van der Waals surface area contributed by atoms with E-state index in [9.17, 15) is 15.2 Å². The molecule has 4 aromatic rings. The van der Waals surface area contributed by atoms with Gasteiger partial charge in [0.05, 0.1) is 17.6 Å². The molecule has 0 aliphatic heterocycles. The number of fused-ring (bicyclic) bond motifs is 1. The lowest BCUT2D eigenvalue weighted by Crippen LogP contribution is -2.03.